The van der Waals surface area contributed by atoms with E-state index in [-0.39, 0.29) is 5.91 Å². The van der Waals surface area contributed by atoms with Crippen molar-refractivity contribution in [1.29, 1.82) is 0 Å². The molecule has 100 valence electrons. The standard InChI is InChI=1S/C14H22N2O2/c1-14(2,18)10-16(5)13(17)11-7-6-8-12(9-11)15(3)4/h6-9,18H,10H2,1-5H3. The van der Waals surface area contributed by atoms with Gasteiger partial charge in [0.1, 0.15) is 0 Å². The second-order valence-electron chi connectivity index (χ2n) is 5.42. The van der Waals surface area contributed by atoms with Gasteiger partial charge in [-0.05, 0) is 32.0 Å². The molecule has 0 spiro atoms. The van der Waals surface area contributed by atoms with Gasteiger partial charge in [0.2, 0.25) is 0 Å². The molecule has 0 heterocycles. The molecule has 0 aliphatic heterocycles. The van der Waals surface area contributed by atoms with E-state index in [9.17, 15) is 9.90 Å². The molecule has 0 saturated heterocycles. The minimum absolute atomic E-state index is 0.0826. The van der Waals surface area contributed by atoms with Crippen molar-refractivity contribution in [1.82, 2.24) is 4.90 Å². The lowest BCUT2D eigenvalue weighted by Gasteiger charge is -2.26. The molecule has 0 aliphatic rings. The van der Waals surface area contributed by atoms with Crippen LogP contribution in [0.1, 0.15) is 24.2 Å². The van der Waals surface area contributed by atoms with Crippen LogP contribution in [0.4, 0.5) is 5.69 Å². The van der Waals surface area contributed by atoms with Gasteiger partial charge < -0.3 is 14.9 Å². The SMILES string of the molecule is CN(CC(C)(C)O)C(=O)c1cccc(N(C)C)c1. The summed E-state index contributed by atoms with van der Waals surface area (Å²) >= 11 is 0. The number of likely N-dealkylation sites (N-methyl/N-ethyl adjacent to an activating group) is 1. The van der Waals surface area contributed by atoms with E-state index in [1.54, 1.807) is 27.0 Å². The topological polar surface area (TPSA) is 43.8 Å². The van der Waals surface area contributed by atoms with Gasteiger partial charge in [-0.3, -0.25) is 4.79 Å². The highest BCUT2D eigenvalue weighted by Crippen LogP contribution is 2.15. The molecule has 0 fully saturated rings. The molecule has 1 rings (SSSR count). The van der Waals surface area contributed by atoms with E-state index in [2.05, 4.69) is 0 Å². The van der Waals surface area contributed by atoms with Crippen molar-refractivity contribution in [3.63, 3.8) is 0 Å². The lowest BCUT2D eigenvalue weighted by atomic mass is 10.1. The summed E-state index contributed by atoms with van der Waals surface area (Å²) in [5, 5.41) is 9.72. The maximum Gasteiger partial charge on any atom is 0.253 e. The highest BCUT2D eigenvalue weighted by Gasteiger charge is 2.20. The smallest absolute Gasteiger partial charge is 0.253 e. The van der Waals surface area contributed by atoms with E-state index >= 15 is 0 Å². The average molecular weight is 250 g/mol. The Balaban J connectivity index is 2.87. The summed E-state index contributed by atoms with van der Waals surface area (Å²) < 4.78 is 0. The Morgan fingerprint density at radius 1 is 1.28 bits per heavy atom. The van der Waals surface area contributed by atoms with Gasteiger partial charge in [0.15, 0.2) is 0 Å². The number of carbonyl (C=O) groups is 1. The van der Waals surface area contributed by atoms with Gasteiger partial charge in [0.05, 0.1) is 5.60 Å². The molecule has 0 atom stereocenters. The van der Waals surface area contributed by atoms with Crippen molar-refractivity contribution in [2.45, 2.75) is 19.4 Å². The predicted octanol–water partition coefficient (Wildman–Crippen LogP) is 1.60. The minimum Gasteiger partial charge on any atom is -0.389 e. The quantitative estimate of drug-likeness (QED) is 0.882. The number of nitrogens with zero attached hydrogens (tertiary/aromatic N) is 2. The first-order valence-corrected chi connectivity index (χ1v) is 5.96. The predicted molar refractivity (Wildman–Crippen MR) is 74.0 cm³/mol. The summed E-state index contributed by atoms with van der Waals surface area (Å²) in [5.41, 5.74) is 0.731. The van der Waals surface area contributed by atoms with E-state index < -0.39 is 5.60 Å². The van der Waals surface area contributed by atoms with Crippen molar-refractivity contribution >= 4 is 11.6 Å². The number of rotatable bonds is 4. The van der Waals surface area contributed by atoms with Crippen LogP contribution in [0.5, 0.6) is 0 Å². The van der Waals surface area contributed by atoms with E-state index in [0.717, 1.165) is 5.69 Å². The second kappa shape index (κ2) is 5.40. The molecule has 0 bridgehead atoms. The van der Waals surface area contributed by atoms with Crippen LogP contribution in [0.25, 0.3) is 0 Å². The molecule has 0 radical (unpaired) electrons. The third-order valence-corrected chi connectivity index (χ3v) is 2.58. The molecule has 1 N–H and O–H groups in total. The lowest BCUT2D eigenvalue weighted by Crippen LogP contribution is -2.39. The summed E-state index contributed by atoms with van der Waals surface area (Å²) in [6, 6.07) is 7.45. The first-order chi connectivity index (χ1) is 8.20. The van der Waals surface area contributed by atoms with Crippen molar-refractivity contribution in [3.8, 4) is 0 Å². The van der Waals surface area contributed by atoms with E-state index in [1.807, 2.05) is 37.2 Å². The lowest BCUT2D eigenvalue weighted by molar-refractivity contribution is 0.0368. The van der Waals surface area contributed by atoms with Crippen LogP contribution in [-0.4, -0.2) is 49.2 Å². The first-order valence-electron chi connectivity index (χ1n) is 5.96. The van der Waals surface area contributed by atoms with Gasteiger partial charge in [0.25, 0.3) is 5.91 Å². The molecule has 18 heavy (non-hydrogen) atoms. The fourth-order valence-electron chi connectivity index (χ4n) is 1.79. The Morgan fingerprint density at radius 3 is 2.39 bits per heavy atom. The Hall–Kier alpha value is -1.55. The summed E-state index contributed by atoms with van der Waals surface area (Å²) in [4.78, 5) is 15.7. The maximum atomic E-state index is 12.2. The van der Waals surface area contributed by atoms with Gasteiger partial charge in [-0.25, -0.2) is 0 Å². The zero-order valence-electron chi connectivity index (χ0n) is 11.8. The molecular formula is C14H22N2O2. The second-order valence-corrected chi connectivity index (χ2v) is 5.42. The average Bonchev–Trinajstić information content (AvgIpc) is 2.26. The Morgan fingerprint density at radius 2 is 1.89 bits per heavy atom. The number of anilines is 1. The van der Waals surface area contributed by atoms with Crippen LogP contribution in [0.2, 0.25) is 0 Å². The van der Waals surface area contributed by atoms with E-state index in [1.165, 1.54) is 4.90 Å². The number of hydrogen-bond donors (Lipinski definition) is 1. The van der Waals surface area contributed by atoms with Crippen molar-refractivity contribution in [3.05, 3.63) is 29.8 Å². The third-order valence-electron chi connectivity index (χ3n) is 2.58. The number of aliphatic hydroxyl groups is 1. The highest BCUT2D eigenvalue weighted by atomic mass is 16.3. The van der Waals surface area contributed by atoms with Crippen molar-refractivity contribution in [2.24, 2.45) is 0 Å². The summed E-state index contributed by atoms with van der Waals surface area (Å²) in [6.07, 6.45) is 0. The van der Waals surface area contributed by atoms with E-state index in [4.69, 9.17) is 0 Å². The minimum atomic E-state index is -0.885. The molecule has 0 unspecified atom stereocenters. The molecule has 0 saturated carbocycles. The number of amides is 1. The monoisotopic (exact) mass is 250 g/mol. The fourth-order valence-corrected chi connectivity index (χ4v) is 1.79. The molecule has 1 aromatic rings. The highest BCUT2D eigenvalue weighted by molar-refractivity contribution is 5.95. The zero-order valence-corrected chi connectivity index (χ0v) is 11.8. The number of benzene rings is 1. The van der Waals surface area contributed by atoms with Crippen LogP contribution in [0, 0.1) is 0 Å². The summed E-state index contributed by atoms with van der Waals surface area (Å²) in [7, 11) is 5.57. The molecule has 4 nitrogen and oxygen atoms in total. The number of carbonyl (C=O) groups excluding carboxylic acids is 1. The third kappa shape index (κ3) is 4.04. The van der Waals surface area contributed by atoms with Crippen LogP contribution < -0.4 is 4.90 Å². The largest absolute Gasteiger partial charge is 0.389 e. The van der Waals surface area contributed by atoms with Crippen molar-refractivity contribution < 1.29 is 9.90 Å². The molecule has 0 aliphatic carbocycles. The molecular weight excluding hydrogens is 228 g/mol. The molecule has 1 aromatic carbocycles. The molecule has 0 aromatic heterocycles. The van der Waals surface area contributed by atoms with Gasteiger partial charge in [-0.15, -0.1) is 0 Å². The van der Waals surface area contributed by atoms with Gasteiger partial charge in [-0.1, -0.05) is 6.07 Å². The Bertz CT molecular complexity index is 422. The van der Waals surface area contributed by atoms with Gasteiger partial charge in [-0.2, -0.15) is 0 Å². The van der Waals surface area contributed by atoms with Crippen LogP contribution in [0.3, 0.4) is 0 Å². The van der Waals surface area contributed by atoms with Crippen LogP contribution >= 0.6 is 0 Å². The number of hydrogen-bond acceptors (Lipinski definition) is 3. The van der Waals surface area contributed by atoms with Gasteiger partial charge in [0, 0.05) is 38.9 Å². The summed E-state index contributed by atoms with van der Waals surface area (Å²) in [6.45, 7) is 3.68. The fraction of sp³-hybridized carbons (Fsp3) is 0.500. The Kier molecular flexibility index (Phi) is 4.35. The Labute approximate surface area is 109 Å². The maximum absolute atomic E-state index is 12.2. The van der Waals surface area contributed by atoms with Crippen LogP contribution in [-0.2, 0) is 0 Å². The van der Waals surface area contributed by atoms with Crippen LogP contribution in [0.15, 0.2) is 24.3 Å². The molecule has 1 amide bonds. The summed E-state index contributed by atoms with van der Waals surface area (Å²) in [5.74, 6) is -0.0826. The molecule has 4 heteroatoms. The van der Waals surface area contributed by atoms with Crippen molar-refractivity contribution in [2.75, 3.05) is 32.6 Å². The van der Waals surface area contributed by atoms with E-state index in [0.29, 0.717) is 12.1 Å². The first kappa shape index (κ1) is 14.5. The zero-order chi connectivity index (χ0) is 13.9. The normalized spacial score (nSPS) is 11.2. The van der Waals surface area contributed by atoms with Gasteiger partial charge >= 0.3 is 0 Å².